The molecular weight excluding hydrogens is 568 g/mol. The normalized spacial score (nSPS) is 17.0. The molecule has 3 aromatic carbocycles. The van der Waals surface area contributed by atoms with Crippen molar-refractivity contribution >= 4 is 35.4 Å². The highest BCUT2D eigenvalue weighted by molar-refractivity contribution is 6.23. The van der Waals surface area contributed by atoms with Gasteiger partial charge in [-0.2, -0.15) is 0 Å². The van der Waals surface area contributed by atoms with Gasteiger partial charge in [0.25, 0.3) is 23.4 Å². The average molecular weight is 597 g/mol. The van der Waals surface area contributed by atoms with Gasteiger partial charge in [0.05, 0.1) is 27.7 Å². The molecule has 0 saturated heterocycles. The number of carbonyl (C=O) groups excluding carboxylic acids is 5. The standard InChI is InChI=1S/C32H28N4O8/c1-18(2)44-31(40)26-19(3)33-32(41)35(27(26)21-12-9-13-22(17-21)36(42)43)30(39)25(16-20-10-5-4-6-11-20)34-28(37)23-14-7-8-15-24(23)29(34)38/h4-15,17-18,25,27H,16H2,1-3H3,(H,33,41)/t25-,27+/m0/s1. The van der Waals surface area contributed by atoms with Gasteiger partial charge in [0.2, 0.25) is 0 Å². The SMILES string of the molecule is CC1=C(C(=O)OC(C)C)[C@@H](c2cccc([N+](=O)[O-])c2)N(C(=O)[C@H](Cc2ccccc2)N2C(=O)c3ccccc3C2=O)C(=O)N1. The van der Waals surface area contributed by atoms with Gasteiger partial charge in [-0.15, -0.1) is 0 Å². The largest absolute Gasteiger partial charge is 0.459 e. The Labute approximate surface area is 252 Å². The molecule has 12 heteroatoms. The van der Waals surface area contributed by atoms with Crippen LogP contribution in [0.2, 0.25) is 0 Å². The fourth-order valence-electron chi connectivity index (χ4n) is 5.41. The molecule has 0 bridgehead atoms. The van der Waals surface area contributed by atoms with E-state index in [-0.39, 0.29) is 40.1 Å². The maximum Gasteiger partial charge on any atom is 0.338 e. The number of non-ortho nitro benzene ring substituents is 1. The van der Waals surface area contributed by atoms with E-state index in [0.717, 1.165) is 15.9 Å². The minimum Gasteiger partial charge on any atom is -0.459 e. The lowest BCUT2D eigenvalue weighted by atomic mass is 9.92. The average Bonchev–Trinajstić information content (AvgIpc) is 3.24. The minimum absolute atomic E-state index is 0.0817. The number of rotatable bonds is 8. The van der Waals surface area contributed by atoms with Crippen molar-refractivity contribution in [2.45, 2.75) is 45.4 Å². The third-order valence-corrected chi connectivity index (χ3v) is 7.34. The number of urea groups is 1. The van der Waals surface area contributed by atoms with Crippen molar-refractivity contribution in [3.8, 4) is 0 Å². The molecular formula is C32H28N4O8. The molecule has 2 atom stereocenters. The number of nitrogens with one attached hydrogen (secondary N) is 1. The number of nitro groups is 1. The number of ether oxygens (including phenoxy) is 1. The van der Waals surface area contributed by atoms with Crippen LogP contribution >= 0.6 is 0 Å². The van der Waals surface area contributed by atoms with Gasteiger partial charge >= 0.3 is 12.0 Å². The van der Waals surface area contributed by atoms with E-state index in [1.807, 2.05) is 0 Å². The molecule has 12 nitrogen and oxygen atoms in total. The summed E-state index contributed by atoms with van der Waals surface area (Å²) in [6, 6.07) is 16.1. The van der Waals surface area contributed by atoms with Crippen molar-refractivity contribution in [2.75, 3.05) is 0 Å². The zero-order valence-corrected chi connectivity index (χ0v) is 24.1. The monoisotopic (exact) mass is 596 g/mol. The van der Waals surface area contributed by atoms with Crippen molar-refractivity contribution in [1.82, 2.24) is 15.1 Å². The molecule has 2 aliphatic rings. The van der Waals surface area contributed by atoms with Crippen LogP contribution in [0.25, 0.3) is 0 Å². The Bertz CT molecular complexity index is 1700. The topological polar surface area (TPSA) is 156 Å². The summed E-state index contributed by atoms with van der Waals surface area (Å²) in [5.74, 6) is -3.25. The molecule has 44 heavy (non-hydrogen) atoms. The highest BCUT2D eigenvalue weighted by Gasteiger charge is 2.49. The number of amides is 5. The summed E-state index contributed by atoms with van der Waals surface area (Å²) < 4.78 is 5.45. The minimum atomic E-state index is -1.52. The fraction of sp³-hybridized carbons (Fsp3) is 0.219. The summed E-state index contributed by atoms with van der Waals surface area (Å²) in [5, 5.41) is 14.2. The summed E-state index contributed by atoms with van der Waals surface area (Å²) in [6.45, 7) is 4.70. The number of nitro benzene ring substituents is 1. The molecule has 0 spiro atoms. The van der Waals surface area contributed by atoms with Gasteiger partial charge in [-0.25, -0.2) is 9.59 Å². The molecule has 0 aliphatic carbocycles. The van der Waals surface area contributed by atoms with Crippen LogP contribution in [0.5, 0.6) is 0 Å². The maximum atomic E-state index is 14.7. The van der Waals surface area contributed by atoms with Crippen LogP contribution in [0.1, 0.15) is 58.7 Å². The first-order valence-corrected chi connectivity index (χ1v) is 13.8. The highest BCUT2D eigenvalue weighted by Crippen LogP contribution is 2.38. The van der Waals surface area contributed by atoms with Gasteiger partial charge in [0.15, 0.2) is 0 Å². The summed E-state index contributed by atoms with van der Waals surface area (Å²) in [7, 11) is 0. The summed E-state index contributed by atoms with van der Waals surface area (Å²) in [4.78, 5) is 81.6. The summed E-state index contributed by atoms with van der Waals surface area (Å²) in [6.07, 6.45) is -0.718. The lowest BCUT2D eigenvalue weighted by Crippen LogP contribution is -2.58. The smallest absolute Gasteiger partial charge is 0.338 e. The summed E-state index contributed by atoms with van der Waals surface area (Å²) >= 11 is 0. The molecule has 2 heterocycles. The zero-order valence-electron chi connectivity index (χ0n) is 24.1. The molecule has 5 amide bonds. The van der Waals surface area contributed by atoms with Crippen molar-refractivity contribution in [3.63, 3.8) is 0 Å². The van der Waals surface area contributed by atoms with E-state index in [1.165, 1.54) is 37.3 Å². The Kier molecular flexibility index (Phi) is 8.08. The molecule has 2 aliphatic heterocycles. The van der Waals surface area contributed by atoms with E-state index in [0.29, 0.717) is 5.56 Å². The molecule has 3 aromatic rings. The van der Waals surface area contributed by atoms with Gasteiger partial charge in [0, 0.05) is 24.3 Å². The lowest BCUT2D eigenvalue weighted by Gasteiger charge is -2.39. The van der Waals surface area contributed by atoms with Crippen LogP contribution in [0.15, 0.2) is 90.1 Å². The van der Waals surface area contributed by atoms with Gasteiger partial charge in [-0.3, -0.25) is 34.3 Å². The van der Waals surface area contributed by atoms with Gasteiger partial charge in [0.1, 0.15) is 12.1 Å². The fourth-order valence-corrected chi connectivity index (χ4v) is 5.41. The number of carbonyl (C=O) groups is 5. The number of hydrogen-bond donors (Lipinski definition) is 1. The van der Waals surface area contributed by atoms with Crippen molar-refractivity contribution in [3.05, 3.63) is 123 Å². The first-order valence-electron chi connectivity index (χ1n) is 13.8. The second-order valence-electron chi connectivity index (χ2n) is 10.6. The Hall–Kier alpha value is -5.65. The van der Waals surface area contributed by atoms with Crippen molar-refractivity contribution < 1.29 is 33.6 Å². The second kappa shape index (κ2) is 11.9. The molecule has 0 radical (unpaired) electrons. The van der Waals surface area contributed by atoms with E-state index in [9.17, 15) is 34.1 Å². The summed E-state index contributed by atoms with van der Waals surface area (Å²) in [5.41, 5.74) is 0.513. The zero-order chi connectivity index (χ0) is 31.7. The molecule has 5 rings (SSSR count). The Morgan fingerprint density at radius 1 is 0.932 bits per heavy atom. The number of imide groups is 2. The Morgan fingerprint density at radius 3 is 2.14 bits per heavy atom. The third kappa shape index (κ3) is 5.44. The van der Waals surface area contributed by atoms with Crippen LogP contribution in [0.4, 0.5) is 10.5 Å². The molecule has 0 unspecified atom stereocenters. The number of nitrogens with zero attached hydrogens (tertiary/aromatic N) is 3. The van der Waals surface area contributed by atoms with Crippen LogP contribution in [-0.4, -0.2) is 56.6 Å². The Morgan fingerprint density at radius 2 is 1.55 bits per heavy atom. The predicted octanol–water partition coefficient (Wildman–Crippen LogP) is 4.32. The van der Waals surface area contributed by atoms with Crippen LogP contribution < -0.4 is 5.32 Å². The van der Waals surface area contributed by atoms with E-state index in [2.05, 4.69) is 5.32 Å². The van der Waals surface area contributed by atoms with Crippen LogP contribution in [0, 0.1) is 10.1 Å². The second-order valence-corrected chi connectivity index (χ2v) is 10.6. The first kappa shape index (κ1) is 29.8. The Balaban J connectivity index is 1.67. The number of fused-ring (bicyclic) bond motifs is 1. The molecule has 0 saturated carbocycles. The van der Waals surface area contributed by atoms with Gasteiger partial charge < -0.3 is 10.1 Å². The molecule has 0 fully saturated rings. The first-order chi connectivity index (χ1) is 21.0. The number of hydrogen-bond acceptors (Lipinski definition) is 8. The number of benzene rings is 3. The van der Waals surface area contributed by atoms with Crippen molar-refractivity contribution in [1.29, 1.82) is 0 Å². The number of allylic oxidation sites excluding steroid dienone is 1. The van der Waals surface area contributed by atoms with Gasteiger partial charge in [-0.1, -0.05) is 54.6 Å². The molecule has 1 N–H and O–H groups in total. The maximum absolute atomic E-state index is 14.7. The third-order valence-electron chi connectivity index (χ3n) is 7.34. The van der Waals surface area contributed by atoms with Crippen LogP contribution in [-0.2, 0) is 20.7 Å². The molecule has 224 valence electrons. The lowest BCUT2D eigenvalue weighted by molar-refractivity contribution is -0.384. The van der Waals surface area contributed by atoms with Crippen LogP contribution in [0.3, 0.4) is 0 Å². The quantitative estimate of drug-likeness (QED) is 0.174. The van der Waals surface area contributed by atoms with E-state index in [1.54, 1.807) is 56.3 Å². The van der Waals surface area contributed by atoms with Crippen molar-refractivity contribution in [2.24, 2.45) is 0 Å². The van der Waals surface area contributed by atoms with Gasteiger partial charge in [-0.05, 0) is 44.0 Å². The van der Waals surface area contributed by atoms with E-state index >= 15 is 0 Å². The predicted molar refractivity (Wildman–Crippen MR) is 156 cm³/mol. The molecule has 0 aromatic heterocycles. The highest BCUT2D eigenvalue weighted by atomic mass is 16.6. The van der Waals surface area contributed by atoms with E-state index < -0.39 is 52.8 Å². The van der Waals surface area contributed by atoms with E-state index in [4.69, 9.17) is 4.74 Å². The number of esters is 1.